The van der Waals surface area contributed by atoms with Crippen LogP contribution in [0.5, 0.6) is 5.88 Å². The molecule has 6 heteroatoms. The Kier molecular flexibility index (Phi) is 5.52. The molecule has 2 heterocycles. The number of carbonyl (C=O) groups is 1. The Morgan fingerprint density at radius 2 is 2.04 bits per heavy atom. The lowest BCUT2D eigenvalue weighted by Gasteiger charge is -2.32. The molecule has 1 fully saturated rings. The van der Waals surface area contributed by atoms with E-state index in [2.05, 4.69) is 11.1 Å². The first kappa shape index (κ1) is 17.2. The molecule has 1 aromatic carbocycles. The van der Waals surface area contributed by atoms with Gasteiger partial charge >= 0.3 is 0 Å². The summed E-state index contributed by atoms with van der Waals surface area (Å²) in [6.45, 7) is 1.26. The monoisotopic (exact) mass is 355 g/mol. The summed E-state index contributed by atoms with van der Waals surface area (Å²) >= 11 is 6.13. The van der Waals surface area contributed by atoms with Crippen molar-refractivity contribution in [3.05, 3.63) is 58.7 Å². The molecule has 0 saturated carbocycles. The van der Waals surface area contributed by atoms with Gasteiger partial charge in [-0.15, -0.1) is 0 Å². The van der Waals surface area contributed by atoms with Gasteiger partial charge in [-0.3, -0.25) is 4.79 Å². The van der Waals surface area contributed by atoms with E-state index in [-0.39, 0.29) is 12.0 Å². The van der Waals surface area contributed by atoms with Gasteiger partial charge in [0.05, 0.1) is 6.42 Å². The van der Waals surface area contributed by atoms with Crippen molar-refractivity contribution >= 4 is 17.5 Å². The SMILES string of the molecule is N#Cc1cccnc1OC1CCN(C(=O)Cc2ccccc2Cl)CC1. The number of aromatic nitrogens is 1. The number of carbonyl (C=O) groups excluding carboxylic acids is 1. The topological polar surface area (TPSA) is 66.2 Å². The van der Waals surface area contributed by atoms with Gasteiger partial charge in [0.25, 0.3) is 0 Å². The molecule has 0 spiro atoms. The number of nitriles is 1. The van der Waals surface area contributed by atoms with Crippen molar-refractivity contribution in [2.45, 2.75) is 25.4 Å². The molecule has 1 aromatic heterocycles. The lowest BCUT2D eigenvalue weighted by Crippen LogP contribution is -2.42. The highest BCUT2D eigenvalue weighted by Crippen LogP contribution is 2.21. The molecular weight excluding hydrogens is 338 g/mol. The molecule has 1 aliphatic heterocycles. The highest BCUT2D eigenvalue weighted by Gasteiger charge is 2.25. The summed E-state index contributed by atoms with van der Waals surface area (Å²) < 4.78 is 5.85. The summed E-state index contributed by atoms with van der Waals surface area (Å²) in [5, 5.41) is 9.71. The Hall–Kier alpha value is -2.58. The molecule has 0 aliphatic carbocycles. The van der Waals surface area contributed by atoms with Crippen LogP contribution in [0.2, 0.25) is 5.02 Å². The maximum Gasteiger partial charge on any atom is 0.231 e. The molecule has 0 atom stereocenters. The van der Waals surface area contributed by atoms with Gasteiger partial charge in [0.1, 0.15) is 17.7 Å². The van der Waals surface area contributed by atoms with Crippen LogP contribution >= 0.6 is 11.6 Å². The number of pyridine rings is 1. The van der Waals surface area contributed by atoms with Gasteiger partial charge in [-0.1, -0.05) is 29.8 Å². The number of likely N-dealkylation sites (tertiary alicyclic amines) is 1. The van der Waals surface area contributed by atoms with Gasteiger partial charge in [0.15, 0.2) is 0 Å². The molecule has 1 saturated heterocycles. The Balaban J connectivity index is 1.54. The Labute approximate surface area is 151 Å². The summed E-state index contributed by atoms with van der Waals surface area (Å²) in [5.41, 5.74) is 1.28. The van der Waals surface area contributed by atoms with Crippen LogP contribution in [0.3, 0.4) is 0 Å². The minimum atomic E-state index is -0.0358. The summed E-state index contributed by atoms with van der Waals surface area (Å²) in [4.78, 5) is 18.4. The van der Waals surface area contributed by atoms with E-state index < -0.39 is 0 Å². The minimum Gasteiger partial charge on any atom is -0.473 e. The third kappa shape index (κ3) is 4.28. The van der Waals surface area contributed by atoms with E-state index in [1.807, 2.05) is 23.1 Å². The number of rotatable bonds is 4. The van der Waals surface area contributed by atoms with Gasteiger partial charge in [0, 0.05) is 37.2 Å². The molecule has 0 radical (unpaired) electrons. The molecule has 3 rings (SSSR count). The molecule has 1 amide bonds. The van der Waals surface area contributed by atoms with Gasteiger partial charge in [-0.25, -0.2) is 4.98 Å². The lowest BCUT2D eigenvalue weighted by molar-refractivity contribution is -0.132. The smallest absolute Gasteiger partial charge is 0.231 e. The Morgan fingerprint density at radius 1 is 1.28 bits per heavy atom. The summed E-state index contributed by atoms with van der Waals surface area (Å²) in [6, 6.07) is 12.9. The van der Waals surface area contributed by atoms with Gasteiger partial charge in [-0.2, -0.15) is 5.26 Å². The number of nitrogens with zero attached hydrogens (tertiary/aromatic N) is 3. The van der Waals surface area contributed by atoms with Crippen LogP contribution in [0, 0.1) is 11.3 Å². The van der Waals surface area contributed by atoms with Crippen LogP contribution < -0.4 is 4.74 Å². The van der Waals surface area contributed by atoms with Crippen LogP contribution in [-0.2, 0) is 11.2 Å². The van der Waals surface area contributed by atoms with E-state index in [0.717, 1.165) is 18.4 Å². The molecule has 2 aromatic rings. The minimum absolute atomic E-state index is 0.0358. The fourth-order valence-electron chi connectivity index (χ4n) is 2.87. The normalized spacial score (nSPS) is 14.8. The third-order valence-electron chi connectivity index (χ3n) is 4.26. The highest BCUT2D eigenvalue weighted by atomic mass is 35.5. The van der Waals surface area contributed by atoms with Gasteiger partial charge in [0.2, 0.25) is 11.8 Å². The van der Waals surface area contributed by atoms with E-state index in [1.165, 1.54) is 0 Å². The zero-order valence-electron chi connectivity index (χ0n) is 13.7. The van der Waals surface area contributed by atoms with Crippen LogP contribution in [-0.4, -0.2) is 35.0 Å². The van der Waals surface area contributed by atoms with Crippen LogP contribution in [0.1, 0.15) is 24.0 Å². The Bertz CT molecular complexity index is 795. The average molecular weight is 356 g/mol. The maximum absolute atomic E-state index is 12.5. The van der Waals surface area contributed by atoms with Crippen LogP contribution in [0.4, 0.5) is 0 Å². The number of hydrogen-bond acceptors (Lipinski definition) is 4. The van der Waals surface area contributed by atoms with Crippen molar-refractivity contribution in [1.82, 2.24) is 9.88 Å². The molecule has 0 unspecified atom stereocenters. The lowest BCUT2D eigenvalue weighted by atomic mass is 10.1. The van der Waals surface area contributed by atoms with Crippen molar-refractivity contribution in [3.8, 4) is 11.9 Å². The predicted molar refractivity (Wildman–Crippen MR) is 94.3 cm³/mol. The van der Waals surface area contributed by atoms with Gasteiger partial charge < -0.3 is 9.64 Å². The third-order valence-corrected chi connectivity index (χ3v) is 4.63. The van der Waals surface area contributed by atoms with E-state index in [4.69, 9.17) is 21.6 Å². The zero-order valence-corrected chi connectivity index (χ0v) is 14.4. The first-order chi connectivity index (χ1) is 12.2. The second-order valence-electron chi connectivity index (χ2n) is 5.93. The summed E-state index contributed by atoms with van der Waals surface area (Å²) in [7, 11) is 0. The van der Waals surface area contributed by atoms with Crippen molar-refractivity contribution in [2.75, 3.05) is 13.1 Å². The first-order valence-electron chi connectivity index (χ1n) is 8.20. The van der Waals surface area contributed by atoms with Crippen molar-refractivity contribution in [3.63, 3.8) is 0 Å². The Morgan fingerprint density at radius 3 is 2.76 bits per heavy atom. The van der Waals surface area contributed by atoms with E-state index in [9.17, 15) is 4.79 Å². The van der Waals surface area contributed by atoms with E-state index in [1.54, 1.807) is 24.4 Å². The predicted octanol–water partition coefficient (Wildman–Crippen LogP) is 3.22. The van der Waals surface area contributed by atoms with Crippen LogP contribution in [0.15, 0.2) is 42.6 Å². The summed E-state index contributed by atoms with van der Waals surface area (Å²) in [6.07, 6.45) is 3.32. The van der Waals surface area contributed by atoms with Gasteiger partial charge in [-0.05, 0) is 23.8 Å². The summed E-state index contributed by atoms with van der Waals surface area (Å²) in [5.74, 6) is 0.438. The standard InChI is InChI=1S/C19H18ClN3O2/c20-17-6-2-1-4-14(17)12-18(24)23-10-7-16(8-11-23)25-19-15(13-21)5-3-9-22-19/h1-6,9,16H,7-8,10-12H2. The van der Waals surface area contributed by atoms with E-state index in [0.29, 0.717) is 36.0 Å². The molecule has 128 valence electrons. The van der Waals surface area contributed by atoms with Crippen molar-refractivity contribution in [2.24, 2.45) is 0 Å². The highest BCUT2D eigenvalue weighted by molar-refractivity contribution is 6.31. The molecule has 5 nitrogen and oxygen atoms in total. The number of halogens is 1. The molecule has 25 heavy (non-hydrogen) atoms. The fourth-order valence-corrected chi connectivity index (χ4v) is 3.07. The van der Waals surface area contributed by atoms with Crippen molar-refractivity contribution < 1.29 is 9.53 Å². The second-order valence-corrected chi connectivity index (χ2v) is 6.34. The van der Waals surface area contributed by atoms with Crippen molar-refractivity contribution in [1.29, 1.82) is 5.26 Å². The quantitative estimate of drug-likeness (QED) is 0.844. The largest absolute Gasteiger partial charge is 0.473 e. The molecule has 0 bridgehead atoms. The number of piperidine rings is 1. The second kappa shape index (κ2) is 8.00. The molecule has 1 aliphatic rings. The fraction of sp³-hybridized carbons (Fsp3) is 0.316. The number of benzene rings is 1. The number of amides is 1. The maximum atomic E-state index is 12.5. The zero-order chi connectivity index (χ0) is 17.6. The number of hydrogen-bond donors (Lipinski definition) is 0. The molecule has 0 N–H and O–H groups in total. The van der Waals surface area contributed by atoms with Crippen LogP contribution in [0.25, 0.3) is 0 Å². The van der Waals surface area contributed by atoms with E-state index >= 15 is 0 Å². The number of ether oxygens (including phenoxy) is 1. The first-order valence-corrected chi connectivity index (χ1v) is 8.58. The average Bonchev–Trinajstić information content (AvgIpc) is 2.64. The molecular formula is C19H18ClN3O2.